The highest BCUT2D eigenvalue weighted by atomic mass is 32.1. The number of carbonyl (C=O) groups is 3. The molecule has 9 heteroatoms. The third-order valence-corrected chi connectivity index (χ3v) is 8.53. The fraction of sp³-hybridized carbons (Fsp3) is 0.412. The number of aldehydes is 2. The van der Waals surface area contributed by atoms with Crippen molar-refractivity contribution in [2.24, 2.45) is 5.41 Å². The summed E-state index contributed by atoms with van der Waals surface area (Å²) in [5.74, 6) is 0.427. The second-order valence-electron chi connectivity index (χ2n) is 11.7. The third-order valence-electron chi connectivity index (χ3n) is 7.55. The summed E-state index contributed by atoms with van der Waals surface area (Å²) in [6.45, 7) is 11.0. The SMILES string of the molecule is CNC(C(=O)N1CCCC1C=O)C(C)(C)C.CNC(C)c1ccc(-c2scnc2C)cc1.O=Cc1cc2ccccc2o1. The van der Waals surface area contributed by atoms with Crippen LogP contribution < -0.4 is 10.6 Å². The summed E-state index contributed by atoms with van der Waals surface area (Å²) >= 11 is 1.70. The molecule has 43 heavy (non-hydrogen) atoms. The highest BCUT2D eigenvalue weighted by Gasteiger charge is 2.37. The molecule has 2 aromatic heterocycles. The molecule has 2 N–H and O–H groups in total. The van der Waals surface area contributed by atoms with Crippen molar-refractivity contribution in [3.63, 3.8) is 0 Å². The van der Waals surface area contributed by atoms with E-state index in [9.17, 15) is 14.4 Å². The van der Waals surface area contributed by atoms with E-state index in [0.717, 1.165) is 35.8 Å². The first kappa shape index (κ1) is 33.8. The van der Waals surface area contributed by atoms with E-state index < -0.39 is 0 Å². The Kier molecular flexibility index (Phi) is 12.4. The van der Waals surface area contributed by atoms with E-state index in [1.165, 1.54) is 16.0 Å². The Bertz CT molecular complexity index is 1440. The van der Waals surface area contributed by atoms with Crippen molar-refractivity contribution >= 4 is 40.8 Å². The summed E-state index contributed by atoms with van der Waals surface area (Å²) in [7, 11) is 3.77. The summed E-state index contributed by atoms with van der Waals surface area (Å²) in [5, 5.41) is 7.26. The second-order valence-corrected chi connectivity index (χ2v) is 12.5. The number of carbonyl (C=O) groups excluding carboxylic acids is 3. The fourth-order valence-corrected chi connectivity index (χ4v) is 5.84. The van der Waals surface area contributed by atoms with Gasteiger partial charge in [0, 0.05) is 18.0 Å². The Morgan fingerprint density at radius 2 is 1.79 bits per heavy atom. The van der Waals surface area contributed by atoms with E-state index in [0.29, 0.717) is 24.6 Å². The molecule has 0 spiro atoms. The largest absolute Gasteiger partial charge is 0.453 e. The molecule has 230 valence electrons. The van der Waals surface area contributed by atoms with Crippen LogP contribution in [0.1, 0.15) is 68.4 Å². The van der Waals surface area contributed by atoms with Crippen LogP contribution >= 0.6 is 11.3 Å². The predicted octanol–water partition coefficient (Wildman–Crippen LogP) is 6.45. The van der Waals surface area contributed by atoms with Crippen molar-refractivity contribution in [2.45, 2.75) is 65.6 Å². The Morgan fingerprint density at radius 1 is 1.09 bits per heavy atom. The Labute approximate surface area is 258 Å². The van der Waals surface area contributed by atoms with Gasteiger partial charge in [-0.1, -0.05) is 63.2 Å². The number of aromatic nitrogens is 1. The standard InChI is InChI=1S/C13H16N2S.C12H22N2O2.C9H6O2/c1-9(14-3)11-4-6-12(7-5-11)13-10(2)15-8-16-13;1-12(2,3)10(13-4)11(16)14-7-5-6-9(14)8-15;10-6-8-5-7-3-1-2-4-9(7)11-8/h4-9,14H,1-3H3;8-10,13H,5-7H2,1-4H3;1-6H. The minimum atomic E-state index is -0.229. The number of para-hydroxylation sites is 1. The number of rotatable bonds is 7. The Morgan fingerprint density at radius 3 is 2.33 bits per heavy atom. The lowest BCUT2D eigenvalue weighted by atomic mass is 9.86. The van der Waals surface area contributed by atoms with Crippen molar-refractivity contribution in [3.05, 3.63) is 77.1 Å². The topological polar surface area (TPSA) is 105 Å². The van der Waals surface area contributed by atoms with Gasteiger partial charge in [0.05, 0.1) is 28.2 Å². The van der Waals surface area contributed by atoms with Gasteiger partial charge in [-0.2, -0.15) is 0 Å². The van der Waals surface area contributed by atoms with E-state index >= 15 is 0 Å². The molecule has 1 amide bonds. The number of fused-ring (bicyclic) bond motifs is 1. The van der Waals surface area contributed by atoms with Crippen molar-refractivity contribution in [1.29, 1.82) is 0 Å². The van der Waals surface area contributed by atoms with Crippen LogP contribution in [0.25, 0.3) is 21.4 Å². The van der Waals surface area contributed by atoms with Crippen molar-refractivity contribution in [1.82, 2.24) is 20.5 Å². The van der Waals surface area contributed by atoms with E-state index in [1.54, 1.807) is 29.4 Å². The summed E-state index contributed by atoms with van der Waals surface area (Å²) in [6.07, 6.45) is 3.33. The lowest BCUT2D eigenvalue weighted by Crippen LogP contribution is -2.53. The number of aryl methyl sites for hydroxylation is 1. The Balaban J connectivity index is 0.000000180. The number of nitrogens with zero attached hydrogens (tertiary/aromatic N) is 2. The van der Waals surface area contributed by atoms with Gasteiger partial charge in [-0.25, -0.2) is 4.98 Å². The molecular formula is C34H44N4O4S. The van der Waals surface area contributed by atoms with Crippen LogP contribution in [0, 0.1) is 12.3 Å². The molecule has 0 saturated carbocycles. The zero-order valence-corrected chi connectivity index (χ0v) is 27.0. The van der Waals surface area contributed by atoms with Gasteiger partial charge >= 0.3 is 0 Å². The van der Waals surface area contributed by atoms with Crippen LogP contribution in [-0.4, -0.2) is 61.1 Å². The molecule has 3 unspecified atom stereocenters. The minimum Gasteiger partial charge on any atom is -0.453 e. The van der Waals surface area contributed by atoms with Crippen LogP contribution in [0.3, 0.4) is 0 Å². The highest BCUT2D eigenvalue weighted by Crippen LogP contribution is 2.28. The predicted molar refractivity (Wildman–Crippen MR) is 174 cm³/mol. The average Bonchev–Trinajstić information content (AvgIpc) is 3.76. The first-order valence-electron chi connectivity index (χ1n) is 14.6. The maximum absolute atomic E-state index is 12.3. The summed E-state index contributed by atoms with van der Waals surface area (Å²) in [5.41, 5.74) is 6.20. The van der Waals surface area contributed by atoms with Gasteiger partial charge in [0.2, 0.25) is 5.91 Å². The maximum atomic E-state index is 12.3. The molecule has 1 aliphatic rings. The van der Waals surface area contributed by atoms with Crippen molar-refractivity contribution in [3.8, 4) is 10.4 Å². The number of amides is 1. The fourth-order valence-electron chi connectivity index (χ4n) is 5.03. The molecule has 2 aromatic carbocycles. The summed E-state index contributed by atoms with van der Waals surface area (Å²) in [4.78, 5) is 40.7. The normalized spacial score (nSPS) is 16.0. The van der Waals surface area contributed by atoms with Crippen molar-refractivity contribution in [2.75, 3.05) is 20.6 Å². The monoisotopic (exact) mass is 604 g/mol. The molecule has 8 nitrogen and oxygen atoms in total. The second kappa shape index (κ2) is 15.7. The number of thiazole rings is 1. The van der Waals surface area contributed by atoms with E-state index in [1.807, 2.05) is 57.6 Å². The highest BCUT2D eigenvalue weighted by molar-refractivity contribution is 7.13. The molecule has 0 aliphatic carbocycles. The number of furan rings is 1. The smallest absolute Gasteiger partial charge is 0.240 e. The van der Waals surface area contributed by atoms with E-state index in [-0.39, 0.29) is 23.4 Å². The van der Waals surface area contributed by atoms with Crippen LogP contribution in [0.15, 0.2) is 64.5 Å². The number of hydrogen-bond acceptors (Lipinski definition) is 8. The first-order chi connectivity index (χ1) is 20.5. The first-order valence-corrected chi connectivity index (χ1v) is 15.5. The molecular weight excluding hydrogens is 560 g/mol. The van der Waals surface area contributed by atoms with E-state index in [4.69, 9.17) is 4.42 Å². The van der Waals surface area contributed by atoms with Gasteiger partial charge in [0.25, 0.3) is 0 Å². The van der Waals surface area contributed by atoms with Gasteiger partial charge in [-0.15, -0.1) is 11.3 Å². The number of benzene rings is 2. The summed E-state index contributed by atoms with van der Waals surface area (Å²) < 4.78 is 5.15. The number of likely N-dealkylation sites (tertiary alicyclic amines) is 1. The molecule has 1 aliphatic heterocycles. The molecule has 3 atom stereocenters. The van der Waals surface area contributed by atoms with Gasteiger partial charge in [-0.05, 0) is 69.5 Å². The van der Waals surface area contributed by atoms with Crippen LogP contribution in [0.2, 0.25) is 0 Å². The van der Waals surface area contributed by atoms with Gasteiger partial charge in [0.1, 0.15) is 11.9 Å². The van der Waals surface area contributed by atoms with Crippen LogP contribution in [0.4, 0.5) is 0 Å². The van der Waals surface area contributed by atoms with Crippen LogP contribution in [0.5, 0.6) is 0 Å². The molecule has 4 aromatic rings. The minimum absolute atomic E-state index is 0.0459. The lowest BCUT2D eigenvalue weighted by Gasteiger charge is -2.33. The molecule has 3 heterocycles. The van der Waals surface area contributed by atoms with E-state index in [2.05, 4.69) is 53.7 Å². The number of nitrogens with one attached hydrogen (secondary N) is 2. The zero-order chi connectivity index (χ0) is 31.6. The van der Waals surface area contributed by atoms with Gasteiger partial charge in [-0.3, -0.25) is 9.59 Å². The van der Waals surface area contributed by atoms with Gasteiger partial charge in [0.15, 0.2) is 12.0 Å². The summed E-state index contributed by atoms with van der Waals surface area (Å²) in [6, 6.07) is 17.9. The number of hydrogen-bond donors (Lipinski definition) is 2. The molecule has 1 fully saturated rings. The van der Waals surface area contributed by atoms with Crippen LogP contribution in [-0.2, 0) is 9.59 Å². The lowest BCUT2D eigenvalue weighted by molar-refractivity contribution is -0.138. The molecule has 0 radical (unpaired) electrons. The maximum Gasteiger partial charge on any atom is 0.240 e. The average molecular weight is 605 g/mol. The number of likely N-dealkylation sites (N-methyl/N-ethyl adjacent to an activating group) is 1. The molecule has 0 bridgehead atoms. The molecule has 5 rings (SSSR count). The molecule has 1 saturated heterocycles. The Hall–Kier alpha value is -3.66. The third kappa shape index (κ3) is 8.92. The zero-order valence-electron chi connectivity index (χ0n) is 26.2. The van der Waals surface area contributed by atoms with Crippen molar-refractivity contribution < 1.29 is 18.8 Å². The van der Waals surface area contributed by atoms with Gasteiger partial charge < -0.3 is 24.7 Å². The quantitative estimate of drug-likeness (QED) is 0.234.